The van der Waals surface area contributed by atoms with E-state index in [0.29, 0.717) is 24.1 Å². The van der Waals surface area contributed by atoms with Crippen molar-refractivity contribution >= 4 is 0 Å². The molecular weight excluding hydrogens is 263 g/mol. The molecule has 0 bridgehead atoms. The average molecular weight is 288 g/mol. The van der Waals surface area contributed by atoms with Crippen molar-refractivity contribution < 1.29 is 4.39 Å². The van der Waals surface area contributed by atoms with E-state index in [1.54, 1.807) is 0 Å². The number of nitrogens with zero attached hydrogens (tertiary/aromatic N) is 1. The maximum Gasteiger partial charge on any atom is 0.128 e. The standard InChI is InChI=1S/C18H25FN2/c1-3-18(2)8-11-21(12-9-18)14-16-7-6-15(5-4-10-20)13-17(16)19/h6-7,13H,3,8-12,14,20H2,1-2H3. The lowest BCUT2D eigenvalue weighted by Gasteiger charge is -2.39. The van der Waals surface area contributed by atoms with Crippen LogP contribution in [-0.2, 0) is 6.54 Å². The SMILES string of the molecule is CCC1(C)CCN(Cc2ccc(C#CCN)cc2F)CC1. The summed E-state index contributed by atoms with van der Waals surface area (Å²) in [6, 6.07) is 5.24. The second-order valence-corrected chi connectivity index (χ2v) is 6.25. The molecular formula is C18H25FN2. The van der Waals surface area contributed by atoms with Crippen molar-refractivity contribution in [3.05, 3.63) is 35.1 Å². The Balaban J connectivity index is 1.98. The monoisotopic (exact) mass is 288 g/mol. The largest absolute Gasteiger partial charge is 0.320 e. The van der Waals surface area contributed by atoms with E-state index in [0.717, 1.165) is 18.7 Å². The Morgan fingerprint density at radius 1 is 1.33 bits per heavy atom. The lowest BCUT2D eigenvalue weighted by Crippen LogP contribution is -2.38. The summed E-state index contributed by atoms with van der Waals surface area (Å²) in [7, 11) is 0. The number of hydrogen-bond acceptors (Lipinski definition) is 2. The van der Waals surface area contributed by atoms with Gasteiger partial charge in [0.25, 0.3) is 0 Å². The zero-order valence-electron chi connectivity index (χ0n) is 13.1. The Bertz CT molecular complexity index is 534. The van der Waals surface area contributed by atoms with Gasteiger partial charge >= 0.3 is 0 Å². The second-order valence-electron chi connectivity index (χ2n) is 6.25. The Labute approximate surface area is 127 Å². The van der Waals surface area contributed by atoms with Gasteiger partial charge in [-0.2, -0.15) is 0 Å². The highest BCUT2D eigenvalue weighted by atomic mass is 19.1. The summed E-state index contributed by atoms with van der Waals surface area (Å²) in [5.74, 6) is 5.45. The van der Waals surface area contributed by atoms with E-state index in [1.807, 2.05) is 12.1 Å². The molecule has 114 valence electrons. The van der Waals surface area contributed by atoms with E-state index in [2.05, 4.69) is 30.6 Å². The fourth-order valence-corrected chi connectivity index (χ4v) is 2.75. The summed E-state index contributed by atoms with van der Waals surface area (Å²) >= 11 is 0. The van der Waals surface area contributed by atoms with Gasteiger partial charge in [0.05, 0.1) is 6.54 Å². The van der Waals surface area contributed by atoms with E-state index in [-0.39, 0.29) is 5.82 Å². The van der Waals surface area contributed by atoms with Crippen LogP contribution in [0, 0.1) is 23.1 Å². The van der Waals surface area contributed by atoms with Gasteiger partial charge in [0.1, 0.15) is 5.82 Å². The van der Waals surface area contributed by atoms with Crippen LogP contribution < -0.4 is 5.73 Å². The lowest BCUT2D eigenvalue weighted by atomic mass is 9.78. The first-order valence-electron chi connectivity index (χ1n) is 7.76. The molecule has 1 aromatic rings. The maximum absolute atomic E-state index is 14.1. The normalized spacial score (nSPS) is 18.1. The first-order valence-corrected chi connectivity index (χ1v) is 7.76. The number of halogens is 1. The van der Waals surface area contributed by atoms with Crippen molar-refractivity contribution in [1.82, 2.24) is 4.90 Å². The number of rotatable bonds is 3. The van der Waals surface area contributed by atoms with Gasteiger partial charge in [-0.05, 0) is 43.5 Å². The molecule has 0 radical (unpaired) electrons. The van der Waals surface area contributed by atoms with Gasteiger partial charge in [-0.15, -0.1) is 0 Å². The van der Waals surface area contributed by atoms with Gasteiger partial charge in [-0.3, -0.25) is 4.90 Å². The van der Waals surface area contributed by atoms with Gasteiger partial charge < -0.3 is 5.73 Å². The molecule has 1 aliphatic rings. The summed E-state index contributed by atoms with van der Waals surface area (Å²) in [5.41, 5.74) is 7.25. The number of hydrogen-bond donors (Lipinski definition) is 1. The molecule has 1 aliphatic heterocycles. The molecule has 0 atom stereocenters. The van der Waals surface area contributed by atoms with Crippen LogP contribution in [0.2, 0.25) is 0 Å². The van der Waals surface area contributed by atoms with E-state index in [9.17, 15) is 4.39 Å². The Morgan fingerprint density at radius 2 is 2.05 bits per heavy atom. The molecule has 0 spiro atoms. The molecule has 0 amide bonds. The Hall–Kier alpha value is -1.37. The second kappa shape index (κ2) is 7.06. The molecule has 2 nitrogen and oxygen atoms in total. The highest BCUT2D eigenvalue weighted by Gasteiger charge is 2.28. The van der Waals surface area contributed by atoms with Crippen molar-refractivity contribution in [2.75, 3.05) is 19.6 Å². The van der Waals surface area contributed by atoms with Gasteiger partial charge in [-0.1, -0.05) is 38.2 Å². The van der Waals surface area contributed by atoms with Crippen molar-refractivity contribution in [2.24, 2.45) is 11.1 Å². The molecule has 21 heavy (non-hydrogen) atoms. The van der Waals surface area contributed by atoms with Crippen LogP contribution in [-0.4, -0.2) is 24.5 Å². The molecule has 1 aromatic carbocycles. The number of benzene rings is 1. The van der Waals surface area contributed by atoms with E-state index < -0.39 is 0 Å². The van der Waals surface area contributed by atoms with Crippen LogP contribution in [0.1, 0.15) is 44.2 Å². The third kappa shape index (κ3) is 4.30. The van der Waals surface area contributed by atoms with Crippen molar-refractivity contribution in [3.8, 4) is 11.8 Å². The molecule has 1 saturated heterocycles. The smallest absolute Gasteiger partial charge is 0.128 e. The quantitative estimate of drug-likeness (QED) is 0.866. The first-order chi connectivity index (χ1) is 10.1. The Kier molecular flexibility index (Phi) is 5.39. The van der Waals surface area contributed by atoms with Crippen LogP contribution in [0.25, 0.3) is 0 Å². The predicted molar refractivity (Wildman–Crippen MR) is 85.2 cm³/mol. The van der Waals surface area contributed by atoms with Gasteiger partial charge in [0.2, 0.25) is 0 Å². The highest BCUT2D eigenvalue weighted by Crippen LogP contribution is 2.34. The number of piperidine rings is 1. The van der Waals surface area contributed by atoms with Crippen LogP contribution in [0.3, 0.4) is 0 Å². The maximum atomic E-state index is 14.1. The molecule has 2 rings (SSSR count). The van der Waals surface area contributed by atoms with Crippen LogP contribution in [0.4, 0.5) is 4.39 Å². The van der Waals surface area contributed by atoms with E-state index in [1.165, 1.54) is 25.3 Å². The zero-order chi connectivity index (χ0) is 15.3. The minimum absolute atomic E-state index is 0.164. The number of likely N-dealkylation sites (tertiary alicyclic amines) is 1. The van der Waals surface area contributed by atoms with E-state index in [4.69, 9.17) is 5.73 Å². The first kappa shape index (κ1) is 16.0. The molecule has 1 heterocycles. The van der Waals surface area contributed by atoms with Gasteiger partial charge in [-0.25, -0.2) is 4.39 Å². The van der Waals surface area contributed by atoms with Crippen LogP contribution in [0.15, 0.2) is 18.2 Å². The molecule has 1 fully saturated rings. The highest BCUT2D eigenvalue weighted by molar-refractivity contribution is 5.37. The van der Waals surface area contributed by atoms with Gasteiger partial charge in [0.15, 0.2) is 0 Å². The number of nitrogens with two attached hydrogens (primary N) is 1. The average Bonchev–Trinajstić information content (AvgIpc) is 2.50. The van der Waals surface area contributed by atoms with Crippen LogP contribution in [0.5, 0.6) is 0 Å². The molecule has 0 aromatic heterocycles. The van der Waals surface area contributed by atoms with Crippen molar-refractivity contribution in [1.29, 1.82) is 0 Å². The molecule has 0 saturated carbocycles. The van der Waals surface area contributed by atoms with Crippen molar-refractivity contribution in [3.63, 3.8) is 0 Å². The molecule has 3 heteroatoms. The van der Waals surface area contributed by atoms with Crippen molar-refractivity contribution in [2.45, 2.75) is 39.7 Å². The third-order valence-electron chi connectivity index (χ3n) is 4.70. The summed E-state index contributed by atoms with van der Waals surface area (Å²) in [5, 5.41) is 0. The van der Waals surface area contributed by atoms with Crippen LogP contribution >= 0.6 is 0 Å². The summed E-state index contributed by atoms with van der Waals surface area (Å²) in [6.45, 7) is 7.72. The van der Waals surface area contributed by atoms with E-state index >= 15 is 0 Å². The summed E-state index contributed by atoms with van der Waals surface area (Å²) < 4.78 is 14.1. The predicted octanol–water partition coefficient (Wildman–Crippen LogP) is 3.15. The summed E-state index contributed by atoms with van der Waals surface area (Å²) in [4.78, 5) is 2.35. The topological polar surface area (TPSA) is 29.3 Å². The zero-order valence-corrected chi connectivity index (χ0v) is 13.1. The fourth-order valence-electron chi connectivity index (χ4n) is 2.75. The van der Waals surface area contributed by atoms with Gasteiger partial charge in [0, 0.05) is 17.7 Å². The summed E-state index contributed by atoms with van der Waals surface area (Å²) in [6.07, 6.45) is 3.63. The lowest BCUT2D eigenvalue weighted by molar-refractivity contribution is 0.109. The Morgan fingerprint density at radius 3 is 2.62 bits per heavy atom. The third-order valence-corrected chi connectivity index (χ3v) is 4.70. The molecule has 2 N–H and O–H groups in total. The minimum Gasteiger partial charge on any atom is -0.320 e. The minimum atomic E-state index is -0.164. The molecule has 0 aliphatic carbocycles. The fraction of sp³-hybridized carbons (Fsp3) is 0.556. The molecule has 0 unspecified atom stereocenters.